The lowest BCUT2D eigenvalue weighted by atomic mass is 10.1. The number of benzene rings is 2. The molecule has 4 aromatic heterocycles. The second-order valence-corrected chi connectivity index (χ2v) is 9.88. The minimum Gasteiger partial charge on any atom is -0.382 e. The number of rotatable bonds is 5. The zero-order valence-electron chi connectivity index (χ0n) is 21.9. The summed E-state index contributed by atoms with van der Waals surface area (Å²) >= 11 is 0. The van der Waals surface area contributed by atoms with Gasteiger partial charge in [-0.3, -0.25) is 9.48 Å². The van der Waals surface area contributed by atoms with Gasteiger partial charge in [0.1, 0.15) is 11.8 Å². The van der Waals surface area contributed by atoms with Gasteiger partial charge >= 0.3 is 0 Å². The topological polar surface area (TPSA) is 130 Å². The SMILES string of the molecule is CC(=O)Nc1ccccc1-n1ncc2ccc(-c3cc(-c4ccnn4C4CCOCC4)c4c(N)ncnn34)cc21. The Bertz CT molecular complexity index is 1880. The van der Waals surface area contributed by atoms with Crippen molar-refractivity contribution in [1.29, 1.82) is 0 Å². The van der Waals surface area contributed by atoms with Gasteiger partial charge in [-0.05, 0) is 43.2 Å². The van der Waals surface area contributed by atoms with Crippen LogP contribution >= 0.6 is 0 Å². The third-order valence-electron chi connectivity index (χ3n) is 7.38. The van der Waals surface area contributed by atoms with Crippen molar-refractivity contribution in [2.75, 3.05) is 24.3 Å². The monoisotopic (exact) mass is 533 g/mol. The highest BCUT2D eigenvalue weighted by atomic mass is 16.5. The van der Waals surface area contributed by atoms with Crippen LogP contribution in [0.5, 0.6) is 0 Å². The predicted octanol–water partition coefficient (Wildman–Crippen LogP) is 4.49. The molecule has 0 bridgehead atoms. The van der Waals surface area contributed by atoms with Crippen LogP contribution in [0.2, 0.25) is 0 Å². The molecule has 1 saturated heterocycles. The van der Waals surface area contributed by atoms with Crippen LogP contribution in [0.15, 0.2) is 73.3 Å². The fourth-order valence-electron chi connectivity index (χ4n) is 5.54. The number of aromatic nitrogens is 7. The van der Waals surface area contributed by atoms with Gasteiger partial charge in [0.25, 0.3) is 0 Å². The zero-order valence-corrected chi connectivity index (χ0v) is 21.9. The Balaban J connectivity index is 1.39. The molecule has 2 aromatic carbocycles. The maximum Gasteiger partial charge on any atom is 0.221 e. The fourth-order valence-corrected chi connectivity index (χ4v) is 5.54. The minimum atomic E-state index is -0.144. The summed E-state index contributed by atoms with van der Waals surface area (Å²) in [6, 6.07) is 18.1. The molecule has 0 saturated carbocycles. The van der Waals surface area contributed by atoms with E-state index in [2.05, 4.69) is 42.4 Å². The molecule has 7 rings (SSSR count). The Hall–Kier alpha value is -5.03. The second-order valence-electron chi connectivity index (χ2n) is 9.88. The van der Waals surface area contributed by atoms with E-state index in [1.807, 2.05) is 64.1 Å². The molecule has 200 valence electrons. The molecule has 1 fully saturated rings. The molecule has 0 aliphatic carbocycles. The molecule has 1 aliphatic rings. The number of carbonyl (C=O) groups is 1. The second kappa shape index (κ2) is 9.62. The number of fused-ring (bicyclic) bond motifs is 2. The molecule has 5 heterocycles. The number of carbonyl (C=O) groups excluding carboxylic acids is 1. The molecule has 1 amide bonds. The first-order valence-corrected chi connectivity index (χ1v) is 13.2. The Morgan fingerprint density at radius 2 is 1.88 bits per heavy atom. The number of para-hydroxylation sites is 2. The molecule has 0 atom stereocenters. The summed E-state index contributed by atoms with van der Waals surface area (Å²) in [5, 5.41) is 17.8. The van der Waals surface area contributed by atoms with Crippen LogP contribution in [-0.4, -0.2) is 53.3 Å². The van der Waals surface area contributed by atoms with Gasteiger partial charge in [-0.25, -0.2) is 14.2 Å². The van der Waals surface area contributed by atoms with E-state index in [1.54, 1.807) is 0 Å². The Morgan fingerprint density at radius 3 is 2.73 bits per heavy atom. The molecular formula is C29H27N9O2. The predicted molar refractivity (Wildman–Crippen MR) is 152 cm³/mol. The molecule has 6 aromatic rings. The van der Waals surface area contributed by atoms with Gasteiger partial charge in [0.15, 0.2) is 5.82 Å². The molecule has 3 N–H and O–H groups in total. The number of hydrogen-bond donors (Lipinski definition) is 2. The lowest BCUT2D eigenvalue weighted by Crippen LogP contribution is -2.21. The maximum absolute atomic E-state index is 11.8. The molecule has 1 aliphatic heterocycles. The standard InChI is InChI=1S/C29H27N9O2/c1-18(39)35-23-4-2-3-5-25(23)37-26-14-19(6-7-20(26)16-33-37)27-15-22(28-29(30)31-17-34-38(27)28)24-8-11-32-36(24)21-9-12-40-13-10-21/h2-8,11,14-17,21H,9-10,12-13H2,1H3,(H,35,39)(H2,30,31,34). The van der Waals surface area contributed by atoms with Gasteiger partial charge in [-0.1, -0.05) is 24.3 Å². The summed E-state index contributed by atoms with van der Waals surface area (Å²) in [5.74, 6) is 0.250. The van der Waals surface area contributed by atoms with Crippen LogP contribution in [0, 0.1) is 0 Å². The smallest absolute Gasteiger partial charge is 0.221 e. The van der Waals surface area contributed by atoms with E-state index in [0.29, 0.717) is 11.5 Å². The van der Waals surface area contributed by atoms with Crippen molar-refractivity contribution in [1.82, 2.24) is 34.2 Å². The van der Waals surface area contributed by atoms with Gasteiger partial charge in [-0.15, -0.1) is 0 Å². The molecule has 40 heavy (non-hydrogen) atoms. The van der Waals surface area contributed by atoms with Crippen molar-refractivity contribution in [2.45, 2.75) is 25.8 Å². The Labute approximate surface area is 229 Å². The molecule has 11 heteroatoms. The van der Waals surface area contributed by atoms with Gasteiger partial charge in [-0.2, -0.15) is 15.3 Å². The molecule has 0 unspecified atom stereocenters. The summed E-state index contributed by atoms with van der Waals surface area (Å²) in [6.07, 6.45) is 6.92. The summed E-state index contributed by atoms with van der Waals surface area (Å²) in [5.41, 5.74) is 13.2. The molecule has 0 radical (unpaired) electrons. The Kier molecular flexibility index (Phi) is 5.78. The van der Waals surface area contributed by atoms with E-state index in [-0.39, 0.29) is 11.9 Å². The number of nitrogens with zero attached hydrogens (tertiary/aromatic N) is 7. The highest BCUT2D eigenvalue weighted by molar-refractivity contribution is 5.94. The zero-order chi connectivity index (χ0) is 27.2. The van der Waals surface area contributed by atoms with Crippen molar-refractivity contribution < 1.29 is 9.53 Å². The van der Waals surface area contributed by atoms with Crippen molar-refractivity contribution in [3.63, 3.8) is 0 Å². The number of ether oxygens (including phenoxy) is 1. The van der Waals surface area contributed by atoms with E-state index in [0.717, 1.165) is 70.7 Å². The number of nitrogens with one attached hydrogen (secondary N) is 1. The van der Waals surface area contributed by atoms with Crippen molar-refractivity contribution in [3.8, 4) is 28.2 Å². The normalized spacial score (nSPS) is 14.2. The van der Waals surface area contributed by atoms with Gasteiger partial charge < -0.3 is 15.8 Å². The summed E-state index contributed by atoms with van der Waals surface area (Å²) in [7, 11) is 0. The average molecular weight is 534 g/mol. The highest BCUT2D eigenvalue weighted by Crippen LogP contribution is 2.37. The fraction of sp³-hybridized carbons (Fsp3) is 0.207. The lowest BCUT2D eigenvalue weighted by Gasteiger charge is -2.24. The van der Waals surface area contributed by atoms with Crippen LogP contribution in [-0.2, 0) is 9.53 Å². The first-order chi connectivity index (χ1) is 19.6. The van der Waals surface area contributed by atoms with Gasteiger partial charge in [0.05, 0.1) is 40.5 Å². The van der Waals surface area contributed by atoms with E-state index in [1.165, 1.54) is 13.3 Å². The number of nitrogen functional groups attached to an aromatic ring is 1. The maximum atomic E-state index is 11.8. The average Bonchev–Trinajstić information content (AvgIpc) is 3.70. The molecule has 11 nitrogen and oxygen atoms in total. The number of hydrogen-bond acceptors (Lipinski definition) is 7. The van der Waals surface area contributed by atoms with Crippen LogP contribution in [0.1, 0.15) is 25.8 Å². The minimum absolute atomic E-state index is 0.144. The first-order valence-electron chi connectivity index (χ1n) is 13.2. The number of nitrogens with two attached hydrogens (primary N) is 1. The Morgan fingerprint density at radius 1 is 1.02 bits per heavy atom. The van der Waals surface area contributed by atoms with Gasteiger partial charge in [0, 0.05) is 42.8 Å². The van der Waals surface area contributed by atoms with Crippen molar-refractivity contribution in [2.24, 2.45) is 0 Å². The number of amides is 1. The van der Waals surface area contributed by atoms with E-state index >= 15 is 0 Å². The van der Waals surface area contributed by atoms with Crippen LogP contribution in [0.3, 0.4) is 0 Å². The van der Waals surface area contributed by atoms with E-state index in [9.17, 15) is 4.79 Å². The first kappa shape index (κ1) is 24.0. The summed E-state index contributed by atoms with van der Waals surface area (Å²) in [6.45, 7) is 2.93. The lowest BCUT2D eigenvalue weighted by molar-refractivity contribution is -0.114. The van der Waals surface area contributed by atoms with Gasteiger partial charge in [0.2, 0.25) is 5.91 Å². The van der Waals surface area contributed by atoms with Crippen molar-refractivity contribution in [3.05, 3.63) is 73.3 Å². The van der Waals surface area contributed by atoms with Crippen LogP contribution in [0.4, 0.5) is 11.5 Å². The largest absolute Gasteiger partial charge is 0.382 e. The van der Waals surface area contributed by atoms with Crippen molar-refractivity contribution >= 4 is 33.8 Å². The quantitative estimate of drug-likeness (QED) is 0.334. The third kappa shape index (κ3) is 3.98. The van der Waals surface area contributed by atoms with Crippen LogP contribution in [0.25, 0.3) is 44.6 Å². The van der Waals surface area contributed by atoms with E-state index in [4.69, 9.17) is 10.5 Å². The summed E-state index contributed by atoms with van der Waals surface area (Å²) < 4.78 is 11.3. The number of anilines is 2. The van der Waals surface area contributed by atoms with Crippen LogP contribution < -0.4 is 11.1 Å². The highest BCUT2D eigenvalue weighted by Gasteiger charge is 2.24. The van der Waals surface area contributed by atoms with E-state index < -0.39 is 0 Å². The summed E-state index contributed by atoms with van der Waals surface area (Å²) in [4.78, 5) is 16.1. The third-order valence-corrected chi connectivity index (χ3v) is 7.38. The molecule has 0 spiro atoms. The molecular weight excluding hydrogens is 506 g/mol.